The maximum Gasteiger partial charge on any atom is 0.268 e. The van der Waals surface area contributed by atoms with Crippen LogP contribution in [0.1, 0.15) is 162 Å². The van der Waals surface area contributed by atoms with Crippen molar-refractivity contribution in [3.05, 3.63) is 24.3 Å². The van der Waals surface area contributed by atoms with Crippen LogP contribution in [-0.4, -0.2) is 68.5 Å². The Kier molecular flexibility index (Phi) is 30.3. The molecule has 0 aromatic carbocycles. The highest BCUT2D eigenvalue weighted by molar-refractivity contribution is 7.45. The zero-order chi connectivity index (χ0) is 35.1. The summed E-state index contributed by atoms with van der Waals surface area (Å²) in [7, 11) is 1.24. The maximum absolute atomic E-state index is 12.7. The van der Waals surface area contributed by atoms with E-state index in [1.54, 1.807) is 6.08 Å². The predicted octanol–water partition coefficient (Wildman–Crippen LogP) is 9.16. The van der Waals surface area contributed by atoms with Crippen LogP contribution in [-0.2, 0) is 18.4 Å². The van der Waals surface area contributed by atoms with Gasteiger partial charge in [-0.3, -0.25) is 9.36 Å². The first kappa shape index (κ1) is 46.0. The van der Waals surface area contributed by atoms with Crippen molar-refractivity contribution < 1.29 is 32.9 Å². The van der Waals surface area contributed by atoms with Gasteiger partial charge in [-0.15, -0.1) is 0 Å². The SMILES string of the molecule is CCCCCCCC/C=C/CC/C=C/[C@@H](O)[C@H](COP(=O)([O-])OCC[N+](C)(C)C)NC(=O)CCCCCCCCCCCCCCC. The van der Waals surface area contributed by atoms with Crippen LogP contribution in [0, 0.1) is 0 Å². The summed E-state index contributed by atoms with van der Waals surface area (Å²) in [6.07, 6.45) is 33.6. The smallest absolute Gasteiger partial charge is 0.268 e. The molecule has 0 aromatic rings. The molecule has 0 heterocycles. The summed E-state index contributed by atoms with van der Waals surface area (Å²) < 4.78 is 23.0. The predicted molar refractivity (Wildman–Crippen MR) is 196 cm³/mol. The summed E-state index contributed by atoms with van der Waals surface area (Å²) >= 11 is 0. The van der Waals surface area contributed by atoms with Gasteiger partial charge in [-0.05, 0) is 32.1 Å². The fourth-order valence-electron chi connectivity index (χ4n) is 5.28. The summed E-state index contributed by atoms with van der Waals surface area (Å²) in [4.78, 5) is 25.1. The van der Waals surface area contributed by atoms with Crippen LogP contribution < -0.4 is 10.2 Å². The topological polar surface area (TPSA) is 108 Å². The first-order valence-electron chi connectivity index (χ1n) is 19.2. The number of likely N-dealkylation sites (N-methyl/N-ethyl adjacent to an activating group) is 1. The second-order valence-corrected chi connectivity index (χ2v) is 15.7. The van der Waals surface area contributed by atoms with Gasteiger partial charge in [0.15, 0.2) is 0 Å². The van der Waals surface area contributed by atoms with Crippen LogP contribution in [0.3, 0.4) is 0 Å². The van der Waals surface area contributed by atoms with Gasteiger partial charge in [0, 0.05) is 6.42 Å². The van der Waals surface area contributed by atoms with Crippen LogP contribution in [0.15, 0.2) is 24.3 Å². The summed E-state index contributed by atoms with van der Waals surface area (Å²) in [5.41, 5.74) is 0. The second kappa shape index (κ2) is 31.0. The quantitative estimate of drug-likeness (QED) is 0.0303. The normalized spacial score (nSPS) is 15.0. The first-order chi connectivity index (χ1) is 22.5. The number of unbranched alkanes of at least 4 members (excludes halogenated alkanes) is 19. The maximum atomic E-state index is 12.7. The minimum absolute atomic E-state index is 0.00478. The Bertz CT molecular complexity index is 829. The van der Waals surface area contributed by atoms with Crippen molar-refractivity contribution in [1.29, 1.82) is 0 Å². The van der Waals surface area contributed by atoms with E-state index in [2.05, 4.69) is 31.3 Å². The van der Waals surface area contributed by atoms with Crippen molar-refractivity contribution in [2.45, 2.75) is 174 Å². The van der Waals surface area contributed by atoms with E-state index >= 15 is 0 Å². The molecule has 0 spiro atoms. The Morgan fingerprint density at radius 2 is 1.19 bits per heavy atom. The third-order valence-electron chi connectivity index (χ3n) is 8.41. The molecule has 3 atom stereocenters. The average molecular weight is 687 g/mol. The molecule has 0 radical (unpaired) electrons. The number of phosphoric acid groups is 1. The summed E-state index contributed by atoms with van der Waals surface area (Å²) in [5, 5.41) is 13.7. The number of phosphoric ester groups is 1. The van der Waals surface area contributed by atoms with Crippen LogP contribution in [0.25, 0.3) is 0 Å². The van der Waals surface area contributed by atoms with Gasteiger partial charge in [-0.2, -0.15) is 0 Å². The number of rotatable bonds is 34. The summed E-state index contributed by atoms with van der Waals surface area (Å²) in [5.74, 6) is -0.210. The van der Waals surface area contributed by atoms with E-state index in [4.69, 9.17) is 9.05 Å². The van der Waals surface area contributed by atoms with Gasteiger partial charge in [0.1, 0.15) is 13.2 Å². The molecule has 8 nitrogen and oxygen atoms in total. The Hall–Kier alpha value is -1.02. The molecule has 0 bridgehead atoms. The molecule has 0 aromatic heterocycles. The van der Waals surface area contributed by atoms with Crippen LogP contribution in [0.4, 0.5) is 0 Å². The lowest BCUT2D eigenvalue weighted by molar-refractivity contribution is -0.870. The minimum atomic E-state index is -4.58. The number of nitrogens with zero attached hydrogens (tertiary/aromatic N) is 1. The molecule has 278 valence electrons. The average Bonchev–Trinajstić information content (AvgIpc) is 3.01. The molecule has 0 rings (SSSR count). The molecule has 9 heteroatoms. The van der Waals surface area contributed by atoms with Crippen molar-refractivity contribution in [3.8, 4) is 0 Å². The van der Waals surface area contributed by atoms with Gasteiger partial charge in [-0.1, -0.05) is 147 Å². The van der Waals surface area contributed by atoms with E-state index < -0.39 is 20.0 Å². The van der Waals surface area contributed by atoms with Crippen molar-refractivity contribution >= 4 is 13.7 Å². The van der Waals surface area contributed by atoms with E-state index in [-0.39, 0.29) is 19.1 Å². The van der Waals surface area contributed by atoms with E-state index in [1.165, 1.54) is 103 Å². The van der Waals surface area contributed by atoms with Gasteiger partial charge in [0.25, 0.3) is 7.82 Å². The zero-order valence-electron chi connectivity index (χ0n) is 31.2. The van der Waals surface area contributed by atoms with Crippen molar-refractivity contribution in [2.24, 2.45) is 0 Å². The Balaban J connectivity index is 4.58. The number of allylic oxidation sites excluding steroid dienone is 3. The lowest BCUT2D eigenvalue weighted by atomic mass is 10.0. The number of aliphatic hydroxyl groups is 1. The Morgan fingerprint density at radius 3 is 1.72 bits per heavy atom. The molecule has 0 aliphatic rings. The largest absolute Gasteiger partial charge is 0.756 e. The van der Waals surface area contributed by atoms with E-state index in [1.807, 2.05) is 27.2 Å². The lowest BCUT2D eigenvalue weighted by Crippen LogP contribution is -2.45. The van der Waals surface area contributed by atoms with Crippen LogP contribution in [0.2, 0.25) is 0 Å². The fourth-order valence-corrected chi connectivity index (χ4v) is 6.01. The summed E-state index contributed by atoms with van der Waals surface area (Å²) in [6, 6.07) is -0.895. The van der Waals surface area contributed by atoms with Crippen LogP contribution >= 0.6 is 7.82 Å². The number of quaternary nitrogens is 1. The van der Waals surface area contributed by atoms with Gasteiger partial charge in [0.2, 0.25) is 5.91 Å². The molecule has 0 aliphatic carbocycles. The third-order valence-corrected chi connectivity index (χ3v) is 9.38. The molecule has 1 unspecified atom stereocenters. The van der Waals surface area contributed by atoms with Gasteiger partial charge in [0.05, 0.1) is 39.9 Å². The molecular weight excluding hydrogens is 611 g/mol. The molecule has 2 N–H and O–H groups in total. The first-order valence-corrected chi connectivity index (χ1v) is 20.7. The van der Waals surface area contributed by atoms with Gasteiger partial charge >= 0.3 is 0 Å². The number of hydrogen-bond donors (Lipinski definition) is 2. The molecule has 1 amide bonds. The van der Waals surface area contributed by atoms with Gasteiger partial charge < -0.3 is 28.8 Å². The van der Waals surface area contributed by atoms with Crippen molar-refractivity contribution in [3.63, 3.8) is 0 Å². The van der Waals surface area contributed by atoms with E-state index in [0.29, 0.717) is 17.4 Å². The molecule has 0 saturated heterocycles. The number of amides is 1. The number of aliphatic hydroxyl groups excluding tert-OH is 1. The third kappa shape index (κ3) is 33.3. The zero-order valence-corrected chi connectivity index (χ0v) is 32.1. The molecule has 0 saturated carbocycles. The Morgan fingerprint density at radius 1 is 0.723 bits per heavy atom. The minimum Gasteiger partial charge on any atom is -0.756 e. The highest BCUT2D eigenvalue weighted by Gasteiger charge is 2.23. The summed E-state index contributed by atoms with van der Waals surface area (Å²) in [6.45, 7) is 4.58. The van der Waals surface area contributed by atoms with E-state index in [9.17, 15) is 19.4 Å². The van der Waals surface area contributed by atoms with Crippen LogP contribution in [0.5, 0.6) is 0 Å². The number of hydrogen-bond acceptors (Lipinski definition) is 6. The molecule has 47 heavy (non-hydrogen) atoms. The monoisotopic (exact) mass is 687 g/mol. The highest BCUT2D eigenvalue weighted by atomic mass is 31.2. The second-order valence-electron chi connectivity index (χ2n) is 14.3. The fraction of sp³-hybridized carbons (Fsp3) is 0.868. The number of carbonyl (C=O) groups excluding carboxylic acids is 1. The molecule has 0 fully saturated rings. The van der Waals surface area contributed by atoms with Gasteiger partial charge in [-0.25, -0.2) is 0 Å². The number of nitrogens with one attached hydrogen (secondary N) is 1. The van der Waals surface area contributed by atoms with Crippen molar-refractivity contribution in [1.82, 2.24) is 5.32 Å². The molecular formula is C38H75N2O6P. The lowest BCUT2D eigenvalue weighted by Gasteiger charge is -2.29. The Labute approximate surface area is 290 Å². The van der Waals surface area contributed by atoms with Crippen molar-refractivity contribution in [2.75, 3.05) is 40.9 Å². The highest BCUT2D eigenvalue weighted by Crippen LogP contribution is 2.38. The molecule has 0 aliphatic heterocycles. The number of carbonyl (C=O) groups is 1. The standard InChI is InChI=1S/C38H75N2O6P/c1-6-8-10-12-14-16-18-20-22-24-26-28-30-32-38(42)39-36(35-46-47(43,44)45-34-33-40(3,4)5)37(41)31-29-27-25-23-21-19-17-15-13-11-9-7-2/h21,23,29,31,36-37,41H,6-20,22,24-28,30,32-35H2,1-5H3,(H-,39,42,43,44)/b23-21+,31-29+/t36-,37+/m0/s1. The van der Waals surface area contributed by atoms with E-state index in [0.717, 1.165) is 38.5 Å².